The summed E-state index contributed by atoms with van der Waals surface area (Å²) < 4.78 is 16.1. The number of rotatable bonds is 7. The Labute approximate surface area is 277 Å². The van der Waals surface area contributed by atoms with E-state index < -0.39 is 0 Å². The molecule has 0 bridgehead atoms. The first kappa shape index (κ1) is 30.4. The molecule has 0 aliphatic heterocycles. The largest absolute Gasteiger partial charge is 2.00 e. The van der Waals surface area contributed by atoms with Gasteiger partial charge in [0, 0.05) is 40.5 Å². The number of methoxy groups -OCH3 is 1. The van der Waals surface area contributed by atoms with Gasteiger partial charge in [-0.25, -0.2) is 4.98 Å². The van der Waals surface area contributed by atoms with Gasteiger partial charge in [0.15, 0.2) is 0 Å². The molecule has 0 aliphatic rings. The van der Waals surface area contributed by atoms with Gasteiger partial charge in [0.2, 0.25) is 0 Å². The molecule has 6 nitrogen and oxygen atoms in total. The zero-order valence-corrected chi connectivity index (χ0v) is 28.0. The summed E-state index contributed by atoms with van der Waals surface area (Å²) in [6.45, 7) is 8.51. The number of aromatic nitrogens is 4. The molecule has 0 saturated heterocycles. The van der Waals surface area contributed by atoms with Crippen molar-refractivity contribution in [3.05, 3.63) is 126 Å². The summed E-state index contributed by atoms with van der Waals surface area (Å²) in [5.74, 6) is 2.96. The Balaban J connectivity index is 0.00000357. The fourth-order valence-corrected chi connectivity index (χ4v) is 5.89. The maximum atomic E-state index is 6.52. The Kier molecular flexibility index (Phi) is 8.35. The van der Waals surface area contributed by atoms with Crippen molar-refractivity contribution in [2.75, 3.05) is 7.11 Å². The van der Waals surface area contributed by atoms with Crippen molar-refractivity contribution in [3.63, 3.8) is 0 Å². The van der Waals surface area contributed by atoms with Gasteiger partial charge >= 0.3 is 21.1 Å². The minimum Gasteiger partial charge on any atom is -0.509 e. The predicted octanol–water partition coefficient (Wildman–Crippen LogP) is 9.17. The van der Waals surface area contributed by atoms with Crippen molar-refractivity contribution < 1.29 is 30.5 Å². The molecule has 226 valence electrons. The summed E-state index contributed by atoms with van der Waals surface area (Å²) >= 11 is 0. The Morgan fingerprint density at radius 1 is 0.800 bits per heavy atom. The molecule has 7 rings (SSSR count). The van der Waals surface area contributed by atoms with Crippen LogP contribution in [0.2, 0.25) is 0 Å². The number of hydrogen-bond acceptors (Lipinski definition) is 4. The van der Waals surface area contributed by atoms with Gasteiger partial charge in [-0.3, -0.25) is 4.68 Å². The van der Waals surface area contributed by atoms with E-state index in [2.05, 4.69) is 104 Å². The predicted molar refractivity (Wildman–Crippen MR) is 175 cm³/mol. The fourth-order valence-electron chi connectivity index (χ4n) is 5.89. The van der Waals surface area contributed by atoms with Crippen LogP contribution in [-0.4, -0.2) is 26.4 Å². The summed E-state index contributed by atoms with van der Waals surface area (Å²) in [5.41, 5.74) is 8.19. The second kappa shape index (κ2) is 12.4. The summed E-state index contributed by atoms with van der Waals surface area (Å²) in [6.07, 6.45) is 1.76. The van der Waals surface area contributed by atoms with Crippen LogP contribution in [-0.2, 0) is 21.1 Å². The molecule has 0 radical (unpaired) electrons. The molecule has 0 N–H and O–H groups in total. The Morgan fingerprint density at radius 3 is 2.36 bits per heavy atom. The number of hydrogen-bond donors (Lipinski definition) is 0. The van der Waals surface area contributed by atoms with Crippen molar-refractivity contribution in [1.82, 2.24) is 19.3 Å². The average molecular weight is 772 g/mol. The Bertz CT molecular complexity index is 2150. The maximum absolute atomic E-state index is 6.52. The first-order valence-electron chi connectivity index (χ1n) is 14.7. The van der Waals surface area contributed by atoms with Crippen LogP contribution in [0.1, 0.15) is 36.7 Å². The van der Waals surface area contributed by atoms with Gasteiger partial charge in [-0.1, -0.05) is 67.9 Å². The van der Waals surface area contributed by atoms with Crippen molar-refractivity contribution >= 4 is 21.8 Å². The third-order valence-corrected chi connectivity index (χ3v) is 8.06. The van der Waals surface area contributed by atoms with Crippen LogP contribution in [0.5, 0.6) is 17.2 Å². The van der Waals surface area contributed by atoms with E-state index in [-0.39, 0.29) is 27.0 Å². The minimum atomic E-state index is 0. The molecule has 0 amide bonds. The average Bonchev–Trinajstić information content (AvgIpc) is 3.53. The third-order valence-electron chi connectivity index (χ3n) is 8.06. The molecule has 0 atom stereocenters. The van der Waals surface area contributed by atoms with Crippen LogP contribution in [0, 0.1) is 26.0 Å². The molecule has 0 aliphatic carbocycles. The van der Waals surface area contributed by atoms with Gasteiger partial charge < -0.3 is 14.0 Å². The van der Waals surface area contributed by atoms with E-state index in [1.165, 1.54) is 0 Å². The van der Waals surface area contributed by atoms with E-state index in [0.717, 1.165) is 67.1 Å². The fraction of sp³-hybridized carbons (Fsp3) is 0.158. The molecule has 7 heteroatoms. The molecule has 3 aromatic heterocycles. The van der Waals surface area contributed by atoms with Crippen LogP contribution in [0.25, 0.3) is 44.4 Å². The number of ether oxygens (including phenoxy) is 2. The number of benzene rings is 4. The molecule has 0 spiro atoms. The van der Waals surface area contributed by atoms with E-state index in [0.29, 0.717) is 11.5 Å². The van der Waals surface area contributed by atoms with Crippen molar-refractivity contribution in [2.45, 2.75) is 33.6 Å². The van der Waals surface area contributed by atoms with Gasteiger partial charge in [0.05, 0.1) is 12.8 Å². The van der Waals surface area contributed by atoms with E-state index >= 15 is 0 Å². The number of para-hydroxylation sites is 1. The molecule has 4 aromatic carbocycles. The van der Waals surface area contributed by atoms with E-state index in [1.54, 1.807) is 13.3 Å². The molecule has 0 unspecified atom stereocenters. The normalized spacial score (nSPS) is 11.2. The molecular weight excluding hydrogens is 740 g/mol. The zero-order valence-electron chi connectivity index (χ0n) is 25.7. The minimum absolute atomic E-state index is 0. The topological polar surface area (TPSA) is 54.1 Å². The van der Waals surface area contributed by atoms with E-state index in [9.17, 15) is 0 Å². The first-order valence-corrected chi connectivity index (χ1v) is 14.7. The summed E-state index contributed by atoms with van der Waals surface area (Å²) in [5, 5.41) is 7.11. The van der Waals surface area contributed by atoms with Crippen LogP contribution < -0.4 is 9.47 Å². The zero-order chi connectivity index (χ0) is 30.4. The van der Waals surface area contributed by atoms with E-state index in [1.807, 2.05) is 41.1 Å². The second-order valence-electron chi connectivity index (χ2n) is 11.2. The number of pyridine rings is 1. The van der Waals surface area contributed by atoms with E-state index in [4.69, 9.17) is 14.6 Å². The van der Waals surface area contributed by atoms with Crippen LogP contribution >= 0.6 is 0 Å². The first-order chi connectivity index (χ1) is 21.4. The van der Waals surface area contributed by atoms with Gasteiger partial charge in [-0.15, -0.1) is 41.3 Å². The third kappa shape index (κ3) is 5.55. The molecular formula is C38H32N4O2Pt. The summed E-state index contributed by atoms with van der Waals surface area (Å²) in [7, 11) is 1.66. The molecule has 3 heterocycles. The SMILES string of the molecule is COc1ccnc(-n2c3[c-]c(Oc4[c-]c(-n5nc(C)c(-c6ccccc6)c5C)cc(C(C)C)c4)ccc3c3ccccc32)c1.[Pt+2]. The van der Waals surface area contributed by atoms with Gasteiger partial charge in [-0.2, -0.15) is 11.2 Å². The summed E-state index contributed by atoms with van der Waals surface area (Å²) in [6, 6.07) is 37.7. The maximum Gasteiger partial charge on any atom is 2.00 e. The van der Waals surface area contributed by atoms with Crippen LogP contribution in [0.3, 0.4) is 0 Å². The van der Waals surface area contributed by atoms with Crippen LogP contribution in [0.15, 0.2) is 97.2 Å². The Hall–Kier alpha value is -4.67. The molecule has 0 saturated carbocycles. The monoisotopic (exact) mass is 771 g/mol. The molecule has 45 heavy (non-hydrogen) atoms. The standard InChI is InChI=1S/C38H32N4O2.Pt/c1-24(2)28-19-29(42-26(4)38(25(3)40-42)27-11-7-6-8-12-27)21-32(20-28)44-31-15-16-34-33-13-9-10-14-35(33)41(36(34)22-31)37-23-30(43-5)17-18-39-37;/h6-20,23-24H,1-5H3;/q-2;+2. The molecule has 7 aromatic rings. The van der Waals surface area contributed by atoms with Gasteiger partial charge in [0.1, 0.15) is 11.6 Å². The van der Waals surface area contributed by atoms with Crippen molar-refractivity contribution in [1.29, 1.82) is 0 Å². The van der Waals surface area contributed by atoms with Crippen molar-refractivity contribution in [2.24, 2.45) is 0 Å². The smallest absolute Gasteiger partial charge is 0.509 e. The quantitative estimate of drug-likeness (QED) is 0.152. The van der Waals surface area contributed by atoms with Crippen LogP contribution in [0.4, 0.5) is 0 Å². The van der Waals surface area contributed by atoms with Gasteiger partial charge in [-0.05, 0) is 48.5 Å². The summed E-state index contributed by atoms with van der Waals surface area (Å²) in [4.78, 5) is 4.67. The molecule has 0 fully saturated rings. The second-order valence-corrected chi connectivity index (χ2v) is 11.2. The number of fused-ring (bicyclic) bond motifs is 3. The van der Waals surface area contributed by atoms with Gasteiger partial charge in [0.25, 0.3) is 0 Å². The number of aryl methyl sites for hydroxylation is 1. The number of nitrogens with zero attached hydrogens (tertiary/aromatic N) is 4. The van der Waals surface area contributed by atoms with Crippen molar-refractivity contribution in [3.8, 4) is 39.9 Å². The Morgan fingerprint density at radius 2 is 1.58 bits per heavy atom.